The van der Waals surface area contributed by atoms with Crippen molar-refractivity contribution in [3.8, 4) is 11.5 Å². The molecule has 2 aromatic carbocycles. The first-order valence-electron chi connectivity index (χ1n) is 10.3. The zero-order valence-electron chi connectivity index (χ0n) is 17.8. The highest BCUT2D eigenvalue weighted by molar-refractivity contribution is 6.30. The van der Waals surface area contributed by atoms with Crippen molar-refractivity contribution in [1.82, 2.24) is 19.6 Å². The SMILES string of the molecule is C[C@@H]1CN(Cc2cc(F)cc(Oc3ccc(Cl)cc3)c2)CCN1C(=O)n1ccc(C(=O)O)n1. The van der Waals surface area contributed by atoms with E-state index >= 15 is 0 Å². The summed E-state index contributed by atoms with van der Waals surface area (Å²) in [5, 5.41) is 13.4. The summed E-state index contributed by atoms with van der Waals surface area (Å²) in [5.74, 6) is -0.636. The molecule has 0 radical (unpaired) electrons. The fourth-order valence-electron chi connectivity index (χ4n) is 3.80. The van der Waals surface area contributed by atoms with Crippen LogP contribution >= 0.6 is 11.6 Å². The minimum atomic E-state index is -1.19. The number of carboxylic acids is 1. The summed E-state index contributed by atoms with van der Waals surface area (Å²) in [5.41, 5.74) is 0.571. The molecule has 1 aliphatic rings. The van der Waals surface area contributed by atoms with Crippen LogP contribution in [0.2, 0.25) is 5.02 Å². The normalized spacial score (nSPS) is 16.6. The molecule has 0 saturated carbocycles. The molecular formula is C23H22ClFN4O4. The summed E-state index contributed by atoms with van der Waals surface area (Å²) in [4.78, 5) is 27.5. The Hall–Kier alpha value is -3.43. The highest BCUT2D eigenvalue weighted by atomic mass is 35.5. The summed E-state index contributed by atoms with van der Waals surface area (Å²) in [6.45, 7) is 3.99. The highest BCUT2D eigenvalue weighted by Gasteiger charge is 2.29. The van der Waals surface area contributed by atoms with Crippen LogP contribution in [0.4, 0.5) is 9.18 Å². The first kappa shape index (κ1) is 22.8. The van der Waals surface area contributed by atoms with Crippen LogP contribution in [-0.2, 0) is 6.54 Å². The van der Waals surface area contributed by atoms with E-state index in [0.29, 0.717) is 42.7 Å². The van der Waals surface area contributed by atoms with Crippen LogP contribution in [0.15, 0.2) is 54.7 Å². The average molecular weight is 473 g/mol. The van der Waals surface area contributed by atoms with Gasteiger partial charge in [-0.15, -0.1) is 0 Å². The average Bonchev–Trinajstić information content (AvgIpc) is 3.25. The lowest BCUT2D eigenvalue weighted by Crippen LogP contribution is -2.54. The third-order valence-corrected chi connectivity index (χ3v) is 5.60. The molecule has 4 rings (SSSR count). The van der Waals surface area contributed by atoms with Gasteiger partial charge < -0.3 is 14.7 Å². The molecule has 0 unspecified atom stereocenters. The number of halogens is 2. The number of hydrogen-bond acceptors (Lipinski definition) is 5. The van der Waals surface area contributed by atoms with E-state index in [1.165, 1.54) is 24.4 Å². The van der Waals surface area contributed by atoms with E-state index in [1.807, 2.05) is 6.92 Å². The summed E-state index contributed by atoms with van der Waals surface area (Å²) in [6.07, 6.45) is 1.35. The van der Waals surface area contributed by atoms with Gasteiger partial charge in [-0.1, -0.05) is 11.6 Å². The number of rotatable bonds is 5. The van der Waals surface area contributed by atoms with Crippen LogP contribution in [0.5, 0.6) is 11.5 Å². The van der Waals surface area contributed by atoms with Gasteiger partial charge in [-0.2, -0.15) is 9.78 Å². The molecule has 1 amide bonds. The maximum Gasteiger partial charge on any atom is 0.356 e. The number of hydrogen-bond donors (Lipinski definition) is 1. The third kappa shape index (κ3) is 5.50. The third-order valence-electron chi connectivity index (χ3n) is 5.35. The standard InChI is InChI=1S/C23H22ClFN4O4/c1-15-13-27(8-9-28(15)23(32)29-7-6-21(26-29)22(30)31)14-16-10-18(25)12-20(11-16)33-19-4-2-17(24)3-5-19/h2-7,10-12,15H,8-9,13-14H2,1H3,(H,30,31)/t15-/m1/s1. The Morgan fingerprint density at radius 3 is 2.58 bits per heavy atom. The maximum absolute atomic E-state index is 14.2. The molecule has 0 spiro atoms. The van der Waals surface area contributed by atoms with E-state index in [9.17, 15) is 14.0 Å². The molecule has 8 nitrogen and oxygen atoms in total. The summed E-state index contributed by atoms with van der Waals surface area (Å²) in [6, 6.07) is 12.2. The van der Waals surface area contributed by atoms with Crippen LogP contribution in [0.3, 0.4) is 0 Å². The van der Waals surface area contributed by atoms with Crippen molar-refractivity contribution in [2.75, 3.05) is 19.6 Å². The van der Waals surface area contributed by atoms with E-state index in [4.69, 9.17) is 21.4 Å². The van der Waals surface area contributed by atoms with Gasteiger partial charge >= 0.3 is 12.0 Å². The van der Waals surface area contributed by atoms with Gasteiger partial charge in [-0.3, -0.25) is 4.90 Å². The number of aromatic nitrogens is 2. The Morgan fingerprint density at radius 2 is 1.91 bits per heavy atom. The quantitative estimate of drug-likeness (QED) is 0.594. The van der Waals surface area contributed by atoms with E-state index in [-0.39, 0.29) is 17.8 Å². The molecule has 2 heterocycles. The van der Waals surface area contributed by atoms with Gasteiger partial charge in [0.25, 0.3) is 0 Å². The van der Waals surface area contributed by atoms with Gasteiger partial charge in [0.2, 0.25) is 0 Å². The molecule has 10 heteroatoms. The summed E-state index contributed by atoms with van der Waals surface area (Å²) >= 11 is 5.89. The predicted molar refractivity (Wildman–Crippen MR) is 119 cm³/mol. The number of benzene rings is 2. The molecule has 3 aromatic rings. The van der Waals surface area contributed by atoms with Crippen molar-refractivity contribution in [3.05, 3.63) is 76.8 Å². The second-order valence-electron chi connectivity index (χ2n) is 7.86. The van der Waals surface area contributed by atoms with E-state index in [0.717, 1.165) is 10.2 Å². The largest absolute Gasteiger partial charge is 0.476 e. The summed E-state index contributed by atoms with van der Waals surface area (Å²) in [7, 11) is 0. The fourth-order valence-corrected chi connectivity index (χ4v) is 3.93. The van der Waals surface area contributed by atoms with E-state index < -0.39 is 11.8 Å². The maximum atomic E-state index is 14.2. The van der Waals surface area contributed by atoms with Gasteiger partial charge in [0.15, 0.2) is 5.69 Å². The zero-order valence-corrected chi connectivity index (χ0v) is 18.6. The van der Waals surface area contributed by atoms with Crippen LogP contribution in [0, 0.1) is 5.82 Å². The van der Waals surface area contributed by atoms with Crippen molar-refractivity contribution in [1.29, 1.82) is 0 Å². The smallest absolute Gasteiger partial charge is 0.356 e. The lowest BCUT2D eigenvalue weighted by atomic mass is 10.1. The minimum absolute atomic E-state index is 0.137. The molecule has 1 N–H and O–H groups in total. The summed E-state index contributed by atoms with van der Waals surface area (Å²) < 4.78 is 21.0. The lowest BCUT2D eigenvalue weighted by Gasteiger charge is -2.39. The number of ether oxygens (including phenoxy) is 1. The van der Waals surface area contributed by atoms with Crippen LogP contribution in [-0.4, -0.2) is 62.4 Å². The highest BCUT2D eigenvalue weighted by Crippen LogP contribution is 2.26. The Bertz CT molecular complexity index is 1170. The molecule has 1 aromatic heterocycles. The van der Waals surface area contributed by atoms with Crippen LogP contribution in [0.25, 0.3) is 0 Å². The van der Waals surface area contributed by atoms with Gasteiger partial charge in [-0.05, 0) is 55.0 Å². The van der Waals surface area contributed by atoms with Gasteiger partial charge in [0.1, 0.15) is 17.3 Å². The molecule has 1 fully saturated rings. The second kappa shape index (κ2) is 9.60. The van der Waals surface area contributed by atoms with Crippen LogP contribution < -0.4 is 4.74 Å². The predicted octanol–water partition coefficient (Wildman–Crippen LogP) is 4.34. The second-order valence-corrected chi connectivity index (χ2v) is 8.30. The van der Waals surface area contributed by atoms with Crippen molar-refractivity contribution >= 4 is 23.6 Å². The molecule has 1 saturated heterocycles. The molecule has 1 atom stereocenters. The minimum Gasteiger partial charge on any atom is -0.476 e. The number of carbonyl (C=O) groups is 2. The fraction of sp³-hybridized carbons (Fsp3) is 0.261. The van der Waals surface area contributed by atoms with Gasteiger partial charge in [0, 0.05) is 49.5 Å². The zero-order chi connectivity index (χ0) is 23.5. The van der Waals surface area contributed by atoms with Crippen molar-refractivity contribution in [2.24, 2.45) is 0 Å². The molecule has 172 valence electrons. The molecule has 33 heavy (non-hydrogen) atoms. The lowest BCUT2D eigenvalue weighted by molar-refractivity contribution is 0.0689. The van der Waals surface area contributed by atoms with Crippen molar-refractivity contribution in [2.45, 2.75) is 19.5 Å². The Balaban J connectivity index is 1.39. The Kier molecular flexibility index (Phi) is 6.62. The van der Waals surface area contributed by atoms with E-state index in [2.05, 4.69) is 10.00 Å². The monoisotopic (exact) mass is 472 g/mol. The van der Waals surface area contributed by atoms with Gasteiger partial charge in [-0.25, -0.2) is 14.0 Å². The van der Waals surface area contributed by atoms with Gasteiger partial charge in [0.05, 0.1) is 0 Å². The number of carbonyl (C=O) groups excluding carboxylic acids is 1. The van der Waals surface area contributed by atoms with Crippen molar-refractivity contribution < 1.29 is 23.8 Å². The number of piperazine rings is 1. The number of aromatic carboxylic acids is 1. The number of amides is 1. The first-order chi connectivity index (χ1) is 15.8. The molecule has 0 bridgehead atoms. The topological polar surface area (TPSA) is 87.9 Å². The van der Waals surface area contributed by atoms with E-state index in [1.54, 1.807) is 35.2 Å². The van der Waals surface area contributed by atoms with Crippen molar-refractivity contribution in [3.63, 3.8) is 0 Å². The molecule has 1 aliphatic heterocycles. The number of nitrogens with zero attached hydrogens (tertiary/aromatic N) is 4. The van der Waals surface area contributed by atoms with Crippen LogP contribution in [0.1, 0.15) is 23.0 Å². The first-order valence-corrected chi connectivity index (χ1v) is 10.7. The Morgan fingerprint density at radius 1 is 1.15 bits per heavy atom. The number of carboxylic acid groups (broad SMARTS) is 1. The Labute approximate surface area is 194 Å². The molecule has 0 aliphatic carbocycles. The molecular weight excluding hydrogens is 451 g/mol.